The highest BCUT2D eigenvalue weighted by molar-refractivity contribution is 5.94. The van der Waals surface area contributed by atoms with E-state index in [4.69, 9.17) is 4.98 Å². The van der Waals surface area contributed by atoms with Crippen molar-refractivity contribution in [2.24, 2.45) is 0 Å². The van der Waals surface area contributed by atoms with Gasteiger partial charge in [-0.05, 0) is 39.7 Å². The number of nitrogens with one attached hydrogen (secondary N) is 1. The van der Waals surface area contributed by atoms with Crippen LogP contribution in [0.5, 0.6) is 0 Å². The molecule has 0 saturated carbocycles. The number of carbonyl (C=O) groups excluding carboxylic acids is 1. The fraction of sp³-hybridized carbons (Fsp3) is 0.600. The fourth-order valence-electron chi connectivity index (χ4n) is 4.20. The molecule has 4 rings (SSSR count). The van der Waals surface area contributed by atoms with Crippen LogP contribution in [0.1, 0.15) is 71.1 Å². The topological polar surface area (TPSA) is 78.0 Å². The average molecular weight is 368 g/mol. The largest absolute Gasteiger partial charge is 0.327 e. The first kappa shape index (κ1) is 18.1. The van der Waals surface area contributed by atoms with E-state index in [0.29, 0.717) is 5.69 Å². The number of aryl methyl sites for hydroxylation is 1. The molecule has 0 aliphatic carbocycles. The fourth-order valence-corrected chi connectivity index (χ4v) is 4.20. The number of hydrogen-bond acceptors (Lipinski definition) is 5. The van der Waals surface area contributed by atoms with E-state index in [1.807, 2.05) is 18.0 Å². The highest BCUT2D eigenvalue weighted by Gasteiger charge is 2.33. The molecule has 1 saturated heterocycles. The van der Waals surface area contributed by atoms with Crippen LogP contribution in [-0.4, -0.2) is 56.0 Å². The monoisotopic (exact) mass is 368 g/mol. The number of amides is 1. The zero-order chi connectivity index (χ0) is 19.0. The molecule has 0 radical (unpaired) electrons. The van der Waals surface area contributed by atoms with Crippen molar-refractivity contribution < 1.29 is 4.79 Å². The molecular formula is C20H28N6O. The molecule has 144 valence electrons. The van der Waals surface area contributed by atoms with Gasteiger partial charge in [0.15, 0.2) is 11.5 Å². The maximum atomic E-state index is 13.2. The maximum absolute atomic E-state index is 13.2. The standard InChI is InChI=1S/C20H28N6O/c1-4-15-13(2)18(24-23-15)20(27)26-9-6-5-7-17(26)19-21-11-14-12-25(3)10-8-16(14)22-19/h11,17H,4-10,12H2,1-3H3,(H,23,24). The third-order valence-corrected chi connectivity index (χ3v) is 5.87. The van der Waals surface area contributed by atoms with Crippen LogP contribution in [0.25, 0.3) is 0 Å². The van der Waals surface area contributed by atoms with Crippen molar-refractivity contribution in [1.82, 2.24) is 30.0 Å². The lowest BCUT2D eigenvalue weighted by atomic mass is 9.99. The van der Waals surface area contributed by atoms with E-state index in [9.17, 15) is 4.79 Å². The number of likely N-dealkylation sites (tertiary alicyclic amines) is 1. The minimum Gasteiger partial charge on any atom is -0.327 e. The zero-order valence-corrected chi connectivity index (χ0v) is 16.5. The van der Waals surface area contributed by atoms with Crippen LogP contribution >= 0.6 is 0 Å². The number of hydrogen-bond donors (Lipinski definition) is 1. The second-order valence-corrected chi connectivity index (χ2v) is 7.73. The normalized spacial score (nSPS) is 20.6. The van der Waals surface area contributed by atoms with Gasteiger partial charge in [0.2, 0.25) is 0 Å². The molecule has 2 aliphatic rings. The molecule has 1 atom stereocenters. The molecular weight excluding hydrogens is 340 g/mol. The zero-order valence-electron chi connectivity index (χ0n) is 16.5. The van der Waals surface area contributed by atoms with Gasteiger partial charge in [-0.25, -0.2) is 9.97 Å². The Morgan fingerprint density at radius 2 is 2.19 bits per heavy atom. The average Bonchev–Trinajstić information content (AvgIpc) is 3.07. The van der Waals surface area contributed by atoms with Crippen molar-refractivity contribution >= 4 is 5.91 Å². The minimum atomic E-state index is -0.0580. The Balaban J connectivity index is 1.63. The number of rotatable bonds is 3. The van der Waals surface area contributed by atoms with Crippen LogP contribution in [0.2, 0.25) is 0 Å². The van der Waals surface area contributed by atoms with Crippen LogP contribution in [0, 0.1) is 6.92 Å². The van der Waals surface area contributed by atoms with E-state index in [2.05, 4.69) is 34.1 Å². The smallest absolute Gasteiger partial charge is 0.275 e. The third-order valence-electron chi connectivity index (χ3n) is 5.87. The van der Waals surface area contributed by atoms with Crippen molar-refractivity contribution in [3.05, 3.63) is 40.2 Å². The molecule has 7 nitrogen and oxygen atoms in total. The first-order valence-corrected chi connectivity index (χ1v) is 9.96. The number of aromatic nitrogens is 4. The summed E-state index contributed by atoms with van der Waals surface area (Å²) in [5.74, 6) is 0.782. The molecule has 1 unspecified atom stereocenters. The number of nitrogens with zero attached hydrogens (tertiary/aromatic N) is 5. The molecule has 1 amide bonds. The van der Waals surface area contributed by atoms with Gasteiger partial charge < -0.3 is 9.80 Å². The molecule has 2 aromatic heterocycles. The van der Waals surface area contributed by atoms with Gasteiger partial charge >= 0.3 is 0 Å². The number of aromatic amines is 1. The predicted octanol–water partition coefficient (Wildman–Crippen LogP) is 2.43. The first-order chi connectivity index (χ1) is 13.1. The Labute approximate surface area is 160 Å². The van der Waals surface area contributed by atoms with Crippen molar-refractivity contribution in [1.29, 1.82) is 0 Å². The summed E-state index contributed by atoms with van der Waals surface area (Å²) in [4.78, 5) is 27.0. The Morgan fingerprint density at radius 1 is 1.33 bits per heavy atom. The van der Waals surface area contributed by atoms with Gasteiger partial charge in [-0.15, -0.1) is 0 Å². The van der Waals surface area contributed by atoms with Crippen molar-refractivity contribution in [3.8, 4) is 0 Å². The van der Waals surface area contributed by atoms with Crippen molar-refractivity contribution in [3.63, 3.8) is 0 Å². The SMILES string of the molecule is CCc1[nH]nc(C(=O)N2CCCCC2c2ncc3c(n2)CCN(C)C3)c1C. The van der Waals surface area contributed by atoms with E-state index in [1.54, 1.807) is 0 Å². The Kier molecular flexibility index (Phi) is 4.95. The van der Waals surface area contributed by atoms with E-state index < -0.39 is 0 Å². The molecule has 1 N–H and O–H groups in total. The van der Waals surface area contributed by atoms with E-state index >= 15 is 0 Å². The van der Waals surface area contributed by atoms with E-state index in [0.717, 1.165) is 74.5 Å². The summed E-state index contributed by atoms with van der Waals surface area (Å²) >= 11 is 0. The van der Waals surface area contributed by atoms with E-state index in [1.165, 1.54) is 5.56 Å². The molecule has 0 bridgehead atoms. The summed E-state index contributed by atoms with van der Waals surface area (Å²) in [6.07, 6.45) is 6.77. The highest BCUT2D eigenvalue weighted by atomic mass is 16.2. The van der Waals surface area contributed by atoms with Crippen LogP contribution in [0.15, 0.2) is 6.20 Å². The summed E-state index contributed by atoms with van der Waals surface area (Å²) < 4.78 is 0. The summed E-state index contributed by atoms with van der Waals surface area (Å²) in [5.41, 5.74) is 4.87. The second-order valence-electron chi connectivity index (χ2n) is 7.73. The van der Waals surface area contributed by atoms with Gasteiger partial charge in [-0.2, -0.15) is 5.10 Å². The van der Waals surface area contributed by atoms with Gasteiger partial charge in [0.1, 0.15) is 0 Å². The summed E-state index contributed by atoms with van der Waals surface area (Å²) in [6, 6.07) is -0.0580. The van der Waals surface area contributed by atoms with Gasteiger partial charge in [0, 0.05) is 54.8 Å². The van der Waals surface area contributed by atoms with Crippen LogP contribution in [0.3, 0.4) is 0 Å². The van der Waals surface area contributed by atoms with Gasteiger partial charge in [0.05, 0.1) is 6.04 Å². The number of fused-ring (bicyclic) bond motifs is 1. The van der Waals surface area contributed by atoms with Crippen LogP contribution < -0.4 is 0 Å². The molecule has 7 heteroatoms. The van der Waals surface area contributed by atoms with Gasteiger partial charge in [-0.1, -0.05) is 6.92 Å². The number of piperidine rings is 1. The van der Waals surface area contributed by atoms with Crippen molar-refractivity contribution in [2.75, 3.05) is 20.1 Å². The molecule has 2 aliphatic heterocycles. The van der Waals surface area contributed by atoms with Gasteiger partial charge in [-0.3, -0.25) is 9.89 Å². The molecule has 0 aromatic carbocycles. The minimum absolute atomic E-state index is 0.00537. The quantitative estimate of drug-likeness (QED) is 0.900. The molecule has 4 heterocycles. The Morgan fingerprint density at radius 3 is 2.96 bits per heavy atom. The number of H-pyrrole nitrogens is 1. The molecule has 0 spiro atoms. The number of likely N-dealkylation sites (N-methyl/N-ethyl adjacent to an activating group) is 1. The second kappa shape index (κ2) is 7.38. The third kappa shape index (κ3) is 3.36. The lowest BCUT2D eigenvalue weighted by Crippen LogP contribution is -2.40. The first-order valence-electron chi connectivity index (χ1n) is 9.96. The lowest BCUT2D eigenvalue weighted by Gasteiger charge is -2.35. The highest BCUT2D eigenvalue weighted by Crippen LogP contribution is 2.31. The van der Waals surface area contributed by atoms with Crippen LogP contribution in [0.4, 0.5) is 0 Å². The van der Waals surface area contributed by atoms with E-state index in [-0.39, 0.29) is 11.9 Å². The summed E-state index contributed by atoms with van der Waals surface area (Å²) in [6.45, 7) is 6.69. The Bertz CT molecular complexity index is 845. The maximum Gasteiger partial charge on any atom is 0.275 e. The number of carbonyl (C=O) groups is 1. The molecule has 27 heavy (non-hydrogen) atoms. The van der Waals surface area contributed by atoms with Gasteiger partial charge in [0.25, 0.3) is 5.91 Å². The predicted molar refractivity (Wildman–Crippen MR) is 102 cm³/mol. The summed E-state index contributed by atoms with van der Waals surface area (Å²) in [7, 11) is 2.12. The Hall–Kier alpha value is -2.28. The van der Waals surface area contributed by atoms with Crippen molar-refractivity contribution in [2.45, 2.75) is 58.5 Å². The van der Waals surface area contributed by atoms with Crippen LogP contribution in [-0.2, 0) is 19.4 Å². The lowest BCUT2D eigenvalue weighted by molar-refractivity contribution is 0.0592. The summed E-state index contributed by atoms with van der Waals surface area (Å²) in [5, 5.41) is 7.32. The molecule has 1 fully saturated rings. The molecule has 2 aromatic rings.